The second-order valence-corrected chi connectivity index (χ2v) is 3.83. The maximum atomic E-state index is 5.57. The fraction of sp³-hybridized carbons (Fsp3) is 0.667. The Balaban J connectivity index is 2.21. The number of nitrogens with zero attached hydrogens (tertiary/aromatic N) is 2. The number of ether oxygens (including phenoxy) is 1. The number of aromatic nitrogens is 2. The molecule has 2 N–H and O–H groups in total. The van der Waals surface area contributed by atoms with Crippen LogP contribution in [0, 0.1) is 0 Å². The molecule has 4 nitrogen and oxygen atoms in total. The van der Waals surface area contributed by atoms with Crippen LogP contribution >= 0.6 is 0 Å². The summed E-state index contributed by atoms with van der Waals surface area (Å²) < 4.78 is 5.55. The van der Waals surface area contributed by atoms with Crippen LogP contribution in [-0.4, -0.2) is 16.8 Å². The highest BCUT2D eigenvalue weighted by molar-refractivity contribution is 5.22. The first-order chi connectivity index (χ1) is 7.88. The van der Waals surface area contributed by atoms with Crippen molar-refractivity contribution in [2.24, 2.45) is 5.73 Å². The van der Waals surface area contributed by atoms with E-state index in [1.807, 2.05) is 6.07 Å². The molecule has 0 bridgehead atoms. The molecule has 1 aromatic heterocycles. The minimum absolute atomic E-state index is 0.445. The molecule has 0 atom stereocenters. The Morgan fingerprint density at radius 3 is 2.81 bits per heavy atom. The van der Waals surface area contributed by atoms with E-state index in [1.54, 1.807) is 6.20 Å². The van der Waals surface area contributed by atoms with Crippen LogP contribution in [0.2, 0.25) is 0 Å². The number of hydrogen-bond donors (Lipinski definition) is 1. The van der Waals surface area contributed by atoms with Gasteiger partial charge in [-0.2, -0.15) is 5.10 Å². The average molecular weight is 223 g/mol. The summed E-state index contributed by atoms with van der Waals surface area (Å²) in [6.07, 6.45) is 7.77. The lowest BCUT2D eigenvalue weighted by atomic mass is 10.2. The van der Waals surface area contributed by atoms with E-state index in [4.69, 9.17) is 10.5 Å². The minimum atomic E-state index is 0.445. The van der Waals surface area contributed by atoms with Crippen molar-refractivity contribution >= 4 is 0 Å². The van der Waals surface area contributed by atoms with Gasteiger partial charge in [0, 0.05) is 12.1 Å². The van der Waals surface area contributed by atoms with E-state index in [-0.39, 0.29) is 0 Å². The normalized spacial score (nSPS) is 10.4. The van der Waals surface area contributed by atoms with Gasteiger partial charge in [0.2, 0.25) is 5.88 Å². The molecule has 0 aliphatic rings. The van der Waals surface area contributed by atoms with Crippen molar-refractivity contribution in [2.45, 2.75) is 45.6 Å². The molecular weight excluding hydrogens is 202 g/mol. The second kappa shape index (κ2) is 8.05. The summed E-state index contributed by atoms with van der Waals surface area (Å²) in [4.78, 5) is 0. The van der Waals surface area contributed by atoms with Crippen molar-refractivity contribution in [3.05, 3.63) is 17.8 Å². The molecule has 1 aromatic rings. The average Bonchev–Trinajstić information content (AvgIpc) is 2.34. The van der Waals surface area contributed by atoms with Crippen molar-refractivity contribution < 1.29 is 4.74 Å². The lowest BCUT2D eigenvalue weighted by Gasteiger charge is -2.07. The summed E-state index contributed by atoms with van der Waals surface area (Å²) in [6.45, 7) is 3.36. The quantitative estimate of drug-likeness (QED) is 0.687. The lowest BCUT2D eigenvalue weighted by molar-refractivity contribution is 0.287. The van der Waals surface area contributed by atoms with Gasteiger partial charge in [-0.15, -0.1) is 5.10 Å². The Bertz CT molecular complexity index is 291. The van der Waals surface area contributed by atoms with Crippen molar-refractivity contribution in [3.63, 3.8) is 0 Å². The van der Waals surface area contributed by atoms with Crippen LogP contribution in [0.1, 0.15) is 44.6 Å². The minimum Gasteiger partial charge on any atom is -0.476 e. The van der Waals surface area contributed by atoms with Gasteiger partial charge in [0.25, 0.3) is 0 Å². The van der Waals surface area contributed by atoms with E-state index < -0.39 is 0 Å². The van der Waals surface area contributed by atoms with E-state index in [2.05, 4.69) is 17.1 Å². The third-order valence-corrected chi connectivity index (χ3v) is 2.47. The van der Waals surface area contributed by atoms with E-state index in [9.17, 15) is 0 Å². The summed E-state index contributed by atoms with van der Waals surface area (Å²) in [5, 5.41) is 7.72. The fourth-order valence-electron chi connectivity index (χ4n) is 1.50. The Morgan fingerprint density at radius 1 is 1.25 bits per heavy atom. The largest absolute Gasteiger partial charge is 0.476 e. The molecule has 0 aromatic carbocycles. The molecular formula is C12H21N3O. The number of nitrogens with two attached hydrogens (primary N) is 1. The first-order valence-electron chi connectivity index (χ1n) is 6.02. The molecule has 0 saturated carbocycles. The predicted octanol–water partition coefficient (Wildman–Crippen LogP) is 2.28. The number of unbranched alkanes of at least 4 members (excludes halogenated alkanes) is 4. The van der Waals surface area contributed by atoms with E-state index in [1.165, 1.54) is 25.7 Å². The number of hydrogen-bond acceptors (Lipinski definition) is 4. The molecule has 0 spiro atoms. The van der Waals surface area contributed by atoms with Crippen LogP contribution in [-0.2, 0) is 6.54 Å². The third-order valence-electron chi connectivity index (χ3n) is 2.47. The standard InChI is InChI=1S/C12H21N3O/c1-2-3-4-5-6-9-16-12-11(10-13)7-8-14-15-12/h7-8H,2-6,9-10,13H2,1H3. The SMILES string of the molecule is CCCCCCCOc1nnccc1CN. The zero-order chi connectivity index (χ0) is 11.6. The molecule has 0 saturated heterocycles. The molecule has 1 rings (SSSR count). The molecule has 16 heavy (non-hydrogen) atoms. The van der Waals surface area contributed by atoms with Crippen molar-refractivity contribution in [1.29, 1.82) is 0 Å². The zero-order valence-corrected chi connectivity index (χ0v) is 9.98. The van der Waals surface area contributed by atoms with Crippen molar-refractivity contribution in [2.75, 3.05) is 6.61 Å². The molecule has 90 valence electrons. The smallest absolute Gasteiger partial charge is 0.237 e. The molecule has 0 radical (unpaired) electrons. The molecule has 0 unspecified atom stereocenters. The molecule has 0 amide bonds. The van der Waals surface area contributed by atoms with Gasteiger partial charge in [-0.3, -0.25) is 0 Å². The van der Waals surface area contributed by atoms with Crippen LogP contribution in [0.5, 0.6) is 5.88 Å². The van der Waals surface area contributed by atoms with Crippen molar-refractivity contribution in [1.82, 2.24) is 10.2 Å². The predicted molar refractivity (Wildman–Crippen MR) is 64.2 cm³/mol. The molecule has 0 aliphatic carbocycles. The summed E-state index contributed by atoms with van der Waals surface area (Å²) >= 11 is 0. The van der Waals surface area contributed by atoms with Gasteiger partial charge in [0.05, 0.1) is 12.8 Å². The van der Waals surface area contributed by atoms with Crippen molar-refractivity contribution in [3.8, 4) is 5.88 Å². The summed E-state index contributed by atoms with van der Waals surface area (Å²) in [7, 11) is 0. The highest BCUT2D eigenvalue weighted by Crippen LogP contribution is 2.12. The van der Waals surface area contributed by atoms with Crippen LogP contribution in [0.4, 0.5) is 0 Å². The monoisotopic (exact) mass is 223 g/mol. The molecule has 4 heteroatoms. The van der Waals surface area contributed by atoms with Gasteiger partial charge >= 0.3 is 0 Å². The Morgan fingerprint density at radius 2 is 2.06 bits per heavy atom. The molecule has 0 fully saturated rings. The zero-order valence-electron chi connectivity index (χ0n) is 9.98. The van der Waals surface area contributed by atoms with Gasteiger partial charge in [-0.25, -0.2) is 0 Å². The van der Waals surface area contributed by atoms with Gasteiger partial charge in [0.15, 0.2) is 0 Å². The first-order valence-corrected chi connectivity index (χ1v) is 6.02. The van der Waals surface area contributed by atoms with Crippen LogP contribution in [0.15, 0.2) is 12.3 Å². The van der Waals surface area contributed by atoms with Crippen LogP contribution in [0.3, 0.4) is 0 Å². The summed E-state index contributed by atoms with van der Waals surface area (Å²) in [5.41, 5.74) is 6.49. The van der Waals surface area contributed by atoms with E-state index in [0.29, 0.717) is 19.0 Å². The van der Waals surface area contributed by atoms with Gasteiger partial charge in [0.1, 0.15) is 0 Å². The topological polar surface area (TPSA) is 61.0 Å². The lowest BCUT2D eigenvalue weighted by Crippen LogP contribution is -2.06. The first kappa shape index (κ1) is 12.9. The molecule has 0 aliphatic heterocycles. The van der Waals surface area contributed by atoms with Gasteiger partial charge in [-0.1, -0.05) is 32.6 Å². The highest BCUT2D eigenvalue weighted by atomic mass is 16.5. The Kier molecular flexibility index (Phi) is 6.49. The highest BCUT2D eigenvalue weighted by Gasteiger charge is 2.02. The maximum absolute atomic E-state index is 5.57. The van der Waals surface area contributed by atoms with Crippen LogP contribution in [0.25, 0.3) is 0 Å². The Hall–Kier alpha value is -1.16. The number of rotatable bonds is 8. The summed E-state index contributed by atoms with van der Waals surface area (Å²) in [5.74, 6) is 0.584. The van der Waals surface area contributed by atoms with Gasteiger partial charge in [-0.05, 0) is 12.5 Å². The maximum Gasteiger partial charge on any atom is 0.237 e. The van der Waals surface area contributed by atoms with Gasteiger partial charge < -0.3 is 10.5 Å². The fourth-order valence-corrected chi connectivity index (χ4v) is 1.50. The molecule has 1 heterocycles. The van der Waals surface area contributed by atoms with Crippen LogP contribution < -0.4 is 10.5 Å². The summed E-state index contributed by atoms with van der Waals surface area (Å²) in [6, 6.07) is 1.85. The Labute approximate surface area is 97.2 Å². The second-order valence-electron chi connectivity index (χ2n) is 3.83. The van der Waals surface area contributed by atoms with E-state index in [0.717, 1.165) is 12.0 Å². The van der Waals surface area contributed by atoms with E-state index >= 15 is 0 Å². The third kappa shape index (κ3) is 4.57.